The molecule has 0 saturated carbocycles. The van der Waals surface area contributed by atoms with E-state index in [1.807, 2.05) is 6.92 Å². The van der Waals surface area contributed by atoms with Gasteiger partial charge in [-0.15, -0.1) is 0 Å². The fourth-order valence-corrected chi connectivity index (χ4v) is 2.18. The predicted molar refractivity (Wildman–Crippen MR) is 65.7 cm³/mol. The summed E-state index contributed by atoms with van der Waals surface area (Å²) in [5.74, 6) is -0.309. The van der Waals surface area contributed by atoms with Gasteiger partial charge in [-0.05, 0) is 36.6 Å². The number of hydrogen-bond acceptors (Lipinski definition) is 2. The number of Topliss-reactive ketones (excluding diaryl/α,β-unsaturated/α-hetero) is 1. The molecule has 0 atom stereocenters. The molecule has 1 fully saturated rings. The van der Waals surface area contributed by atoms with Gasteiger partial charge in [-0.3, -0.25) is 9.59 Å². The molecule has 96 valence electrons. The molecule has 0 bridgehead atoms. The highest BCUT2D eigenvalue weighted by atomic mass is 19.1. The molecule has 3 nitrogen and oxygen atoms in total. The van der Waals surface area contributed by atoms with Crippen molar-refractivity contribution in [1.82, 2.24) is 4.90 Å². The fraction of sp³-hybridized carbons (Fsp3) is 0.429. The topological polar surface area (TPSA) is 37.4 Å². The van der Waals surface area contributed by atoms with Crippen LogP contribution in [0.4, 0.5) is 4.39 Å². The van der Waals surface area contributed by atoms with Gasteiger partial charge in [0.1, 0.15) is 11.6 Å². The second-order valence-electron chi connectivity index (χ2n) is 4.67. The average Bonchev–Trinajstić information content (AvgIpc) is 2.30. The molecule has 1 aliphatic rings. The van der Waals surface area contributed by atoms with E-state index < -0.39 is 0 Å². The zero-order valence-corrected chi connectivity index (χ0v) is 10.4. The molecule has 0 unspecified atom stereocenters. The van der Waals surface area contributed by atoms with Gasteiger partial charge in [0.15, 0.2) is 0 Å². The van der Waals surface area contributed by atoms with Crippen LogP contribution in [0, 0.1) is 12.7 Å². The summed E-state index contributed by atoms with van der Waals surface area (Å²) in [5.41, 5.74) is 1.94. The molecule has 1 saturated heterocycles. The van der Waals surface area contributed by atoms with Crippen molar-refractivity contribution in [2.75, 3.05) is 13.1 Å². The number of halogens is 1. The number of rotatable bonds is 3. The molecule has 0 aliphatic carbocycles. The Hall–Kier alpha value is -1.71. The Balaban J connectivity index is 1.95. The number of nitrogens with zero attached hydrogens (tertiary/aromatic N) is 1. The Morgan fingerprint density at radius 3 is 2.78 bits per heavy atom. The zero-order valence-electron chi connectivity index (χ0n) is 10.4. The number of carbonyl (C=O) groups excluding carboxylic acids is 2. The molecular formula is C14H16FNO2. The minimum absolute atomic E-state index is 0.0224. The van der Waals surface area contributed by atoms with Gasteiger partial charge in [-0.25, -0.2) is 4.39 Å². The Labute approximate surface area is 106 Å². The lowest BCUT2D eigenvalue weighted by atomic mass is 10.0. The van der Waals surface area contributed by atoms with E-state index in [1.165, 1.54) is 12.1 Å². The quantitative estimate of drug-likeness (QED) is 0.767. The van der Waals surface area contributed by atoms with E-state index in [0.29, 0.717) is 25.9 Å². The van der Waals surface area contributed by atoms with Crippen molar-refractivity contribution in [3.63, 3.8) is 0 Å². The molecule has 1 aromatic rings. The minimum atomic E-state index is -0.240. The second-order valence-corrected chi connectivity index (χ2v) is 4.67. The number of likely N-dealkylation sites (tertiary alicyclic amines) is 1. The molecule has 0 N–H and O–H groups in total. The highest BCUT2D eigenvalue weighted by Gasteiger charge is 2.23. The van der Waals surface area contributed by atoms with Crippen LogP contribution in [0.5, 0.6) is 0 Å². The number of benzene rings is 1. The summed E-state index contributed by atoms with van der Waals surface area (Å²) in [7, 11) is 0. The number of ketones is 1. The summed E-state index contributed by atoms with van der Waals surface area (Å²) in [6.07, 6.45) is 1.18. The first-order valence-corrected chi connectivity index (χ1v) is 6.11. The molecule has 2 rings (SSSR count). The van der Waals surface area contributed by atoms with Gasteiger partial charge in [0.25, 0.3) is 0 Å². The van der Waals surface area contributed by atoms with Gasteiger partial charge < -0.3 is 4.90 Å². The van der Waals surface area contributed by atoms with Crippen molar-refractivity contribution < 1.29 is 14.0 Å². The summed E-state index contributed by atoms with van der Waals surface area (Å²) in [6.45, 7) is 2.97. The van der Waals surface area contributed by atoms with Crippen LogP contribution in [-0.2, 0) is 16.0 Å². The lowest BCUT2D eigenvalue weighted by Crippen LogP contribution is -2.40. The molecule has 0 spiro atoms. The molecule has 1 aromatic carbocycles. The highest BCUT2D eigenvalue weighted by Crippen LogP contribution is 2.13. The second kappa shape index (κ2) is 5.29. The molecule has 1 heterocycles. The Morgan fingerprint density at radius 1 is 1.33 bits per heavy atom. The van der Waals surface area contributed by atoms with Gasteiger partial charge in [0, 0.05) is 19.5 Å². The Kier molecular flexibility index (Phi) is 3.75. The fourth-order valence-electron chi connectivity index (χ4n) is 2.18. The maximum atomic E-state index is 12.9. The minimum Gasteiger partial charge on any atom is -0.342 e. The first kappa shape index (κ1) is 12.7. The van der Waals surface area contributed by atoms with Crippen molar-refractivity contribution in [3.05, 3.63) is 35.1 Å². The summed E-state index contributed by atoms with van der Waals surface area (Å²) in [4.78, 5) is 24.4. The molecule has 0 radical (unpaired) electrons. The van der Waals surface area contributed by atoms with E-state index in [0.717, 1.165) is 11.1 Å². The number of aryl methyl sites for hydroxylation is 1. The molecule has 1 amide bonds. The highest BCUT2D eigenvalue weighted by molar-refractivity contribution is 6.00. The van der Waals surface area contributed by atoms with Crippen LogP contribution in [0.2, 0.25) is 0 Å². The Morgan fingerprint density at radius 2 is 2.11 bits per heavy atom. The molecular weight excluding hydrogens is 233 g/mol. The number of hydrogen-bond donors (Lipinski definition) is 0. The zero-order chi connectivity index (χ0) is 13.1. The lowest BCUT2D eigenvalue weighted by molar-refractivity contribution is -0.139. The van der Waals surface area contributed by atoms with Crippen molar-refractivity contribution >= 4 is 11.7 Å². The summed E-state index contributed by atoms with van der Waals surface area (Å²) >= 11 is 0. The summed E-state index contributed by atoms with van der Waals surface area (Å²) in [6, 6.07) is 4.69. The van der Waals surface area contributed by atoms with Crippen LogP contribution in [0.15, 0.2) is 18.2 Å². The molecule has 1 aliphatic heterocycles. The van der Waals surface area contributed by atoms with Crippen LogP contribution >= 0.6 is 0 Å². The van der Waals surface area contributed by atoms with Gasteiger partial charge in [0.05, 0.1) is 6.42 Å². The van der Waals surface area contributed by atoms with Crippen LogP contribution in [0.25, 0.3) is 0 Å². The third-order valence-electron chi connectivity index (χ3n) is 3.32. The standard InChI is InChI=1S/C14H16FNO2/c1-10-8-12(15)3-2-11(10)4-6-16-7-5-13(17)9-14(16)18/h2-3,8H,4-7,9H2,1H3. The van der Waals surface area contributed by atoms with Gasteiger partial charge in [-0.2, -0.15) is 0 Å². The molecule has 4 heteroatoms. The predicted octanol–water partition coefficient (Wildman–Crippen LogP) is 1.87. The van der Waals surface area contributed by atoms with Crippen molar-refractivity contribution in [1.29, 1.82) is 0 Å². The largest absolute Gasteiger partial charge is 0.342 e. The van der Waals surface area contributed by atoms with E-state index in [1.54, 1.807) is 11.0 Å². The van der Waals surface area contributed by atoms with Crippen LogP contribution in [0.3, 0.4) is 0 Å². The summed E-state index contributed by atoms with van der Waals surface area (Å²) in [5, 5.41) is 0. The van der Waals surface area contributed by atoms with E-state index in [2.05, 4.69) is 0 Å². The van der Waals surface area contributed by atoms with Crippen molar-refractivity contribution in [2.45, 2.75) is 26.2 Å². The number of amides is 1. The van der Waals surface area contributed by atoms with Crippen LogP contribution < -0.4 is 0 Å². The first-order chi connectivity index (χ1) is 8.56. The Bertz CT molecular complexity index is 485. The lowest BCUT2D eigenvalue weighted by Gasteiger charge is -2.26. The maximum absolute atomic E-state index is 12.9. The van der Waals surface area contributed by atoms with Gasteiger partial charge in [0.2, 0.25) is 5.91 Å². The monoisotopic (exact) mass is 249 g/mol. The average molecular weight is 249 g/mol. The van der Waals surface area contributed by atoms with Crippen molar-refractivity contribution in [2.24, 2.45) is 0 Å². The van der Waals surface area contributed by atoms with Crippen LogP contribution in [0.1, 0.15) is 24.0 Å². The van der Waals surface area contributed by atoms with E-state index in [4.69, 9.17) is 0 Å². The van der Waals surface area contributed by atoms with Crippen molar-refractivity contribution in [3.8, 4) is 0 Å². The van der Waals surface area contributed by atoms with E-state index in [9.17, 15) is 14.0 Å². The van der Waals surface area contributed by atoms with Gasteiger partial charge >= 0.3 is 0 Å². The number of carbonyl (C=O) groups is 2. The van der Waals surface area contributed by atoms with Gasteiger partial charge in [-0.1, -0.05) is 6.07 Å². The first-order valence-electron chi connectivity index (χ1n) is 6.11. The van der Waals surface area contributed by atoms with Crippen LogP contribution in [-0.4, -0.2) is 29.7 Å². The molecule has 18 heavy (non-hydrogen) atoms. The molecule has 0 aromatic heterocycles. The summed E-state index contributed by atoms with van der Waals surface area (Å²) < 4.78 is 12.9. The number of piperidine rings is 1. The maximum Gasteiger partial charge on any atom is 0.230 e. The van der Waals surface area contributed by atoms with E-state index >= 15 is 0 Å². The SMILES string of the molecule is Cc1cc(F)ccc1CCN1CCC(=O)CC1=O. The third kappa shape index (κ3) is 2.94. The third-order valence-corrected chi connectivity index (χ3v) is 3.32. The normalized spacial score (nSPS) is 16.2. The van der Waals surface area contributed by atoms with E-state index in [-0.39, 0.29) is 23.9 Å². The smallest absolute Gasteiger partial charge is 0.230 e.